The molecule has 0 unspecified atom stereocenters. The Morgan fingerprint density at radius 3 is 3.06 bits per heavy atom. The molecule has 0 spiro atoms. The molecule has 1 aliphatic heterocycles. The van der Waals surface area contributed by atoms with Crippen molar-refractivity contribution in [3.63, 3.8) is 0 Å². The number of fused-ring (bicyclic) bond motifs is 3. The lowest BCUT2D eigenvalue weighted by atomic mass is 9.66. The standard InChI is InChI=1S/C16H21N/c1-11(2)12-5-4-6-14-13(12)7-8-16(3)10-17-9-15(14)16/h4-6,15,17H,1,7-10H2,2-3H3/t15-,16+/m1/s1. The summed E-state index contributed by atoms with van der Waals surface area (Å²) in [4.78, 5) is 0. The second-order valence-corrected chi connectivity index (χ2v) is 5.99. The van der Waals surface area contributed by atoms with E-state index in [0.29, 0.717) is 11.3 Å². The first-order chi connectivity index (χ1) is 8.12. The van der Waals surface area contributed by atoms with E-state index in [-0.39, 0.29) is 0 Å². The summed E-state index contributed by atoms with van der Waals surface area (Å²) in [5.41, 5.74) is 6.20. The van der Waals surface area contributed by atoms with Crippen LogP contribution in [0.15, 0.2) is 24.8 Å². The molecule has 0 radical (unpaired) electrons. The summed E-state index contributed by atoms with van der Waals surface area (Å²) in [5, 5.41) is 3.57. The molecular formula is C16H21N. The van der Waals surface area contributed by atoms with E-state index in [9.17, 15) is 0 Å². The smallest absolute Gasteiger partial charge is 0.00324 e. The first-order valence-electron chi connectivity index (χ1n) is 6.60. The van der Waals surface area contributed by atoms with Crippen molar-refractivity contribution in [3.05, 3.63) is 41.5 Å². The number of hydrogen-bond acceptors (Lipinski definition) is 1. The Balaban J connectivity index is 2.13. The molecule has 1 saturated heterocycles. The molecule has 1 heterocycles. The third-order valence-corrected chi connectivity index (χ3v) is 4.71. The summed E-state index contributed by atoms with van der Waals surface area (Å²) in [6.07, 6.45) is 2.52. The highest BCUT2D eigenvalue weighted by Crippen LogP contribution is 2.48. The van der Waals surface area contributed by atoms with Gasteiger partial charge in [-0.05, 0) is 41.9 Å². The van der Waals surface area contributed by atoms with Gasteiger partial charge in [-0.3, -0.25) is 0 Å². The van der Waals surface area contributed by atoms with E-state index in [1.165, 1.54) is 30.5 Å². The molecule has 1 heteroatoms. The summed E-state index contributed by atoms with van der Waals surface area (Å²) in [6.45, 7) is 11.0. The molecule has 1 nitrogen and oxygen atoms in total. The van der Waals surface area contributed by atoms with E-state index in [2.05, 4.69) is 43.9 Å². The van der Waals surface area contributed by atoms with E-state index < -0.39 is 0 Å². The molecule has 1 aromatic rings. The predicted octanol–water partition coefficient (Wildman–Crippen LogP) is 3.36. The second kappa shape index (κ2) is 3.71. The number of hydrogen-bond donors (Lipinski definition) is 1. The van der Waals surface area contributed by atoms with Crippen LogP contribution in [-0.4, -0.2) is 13.1 Å². The van der Waals surface area contributed by atoms with Crippen LogP contribution in [0.1, 0.15) is 42.9 Å². The quantitative estimate of drug-likeness (QED) is 0.775. The Kier molecular flexibility index (Phi) is 2.41. The van der Waals surface area contributed by atoms with Crippen molar-refractivity contribution < 1.29 is 0 Å². The first kappa shape index (κ1) is 11.0. The van der Waals surface area contributed by atoms with Gasteiger partial charge in [0.05, 0.1) is 0 Å². The Bertz CT molecular complexity index is 474. The zero-order chi connectivity index (χ0) is 12.0. The monoisotopic (exact) mass is 227 g/mol. The van der Waals surface area contributed by atoms with Crippen LogP contribution < -0.4 is 5.32 Å². The van der Waals surface area contributed by atoms with Gasteiger partial charge in [0, 0.05) is 19.0 Å². The van der Waals surface area contributed by atoms with Crippen molar-refractivity contribution in [1.29, 1.82) is 0 Å². The van der Waals surface area contributed by atoms with E-state index in [1.54, 1.807) is 11.1 Å². The van der Waals surface area contributed by atoms with Gasteiger partial charge < -0.3 is 5.32 Å². The minimum atomic E-state index is 0.473. The van der Waals surface area contributed by atoms with Crippen molar-refractivity contribution in [2.75, 3.05) is 13.1 Å². The molecule has 1 aliphatic carbocycles. The van der Waals surface area contributed by atoms with Crippen LogP contribution in [-0.2, 0) is 6.42 Å². The van der Waals surface area contributed by atoms with Gasteiger partial charge in [-0.2, -0.15) is 0 Å². The molecule has 1 N–H and O–H groups in total. The molecule has 1 aromatic carbocycles. The summed E-state index contributed by atoms with van der Waals surface area (Å²) >= 11 is 0. The second-order valence-electron chi connectivity index (χ2n) is 5.99. The molecule has 1 fully saturated rings. The van der Waals surface area contributed by atoms with Gasteiger partial charge in [0.2, 0.25) is 0 Å². The number of rotatable bonds is 1. The SMILES string of the molecule is C=C(C)c1cccc2c1CC[C@@]1(C)CNC[C@H]21. The maximum Gasteiger partial charge on any atom is 0.00324 e. The summed E-state index contributed by atoms with van der Waals surface area (Å²) < 4.78 is 0. The average molecular weight is 227 g/mol. The molecule has 0 saturated carbocycles. The van der Waals surface area contributed by atoms with Crippen molar-refractivity contribution in [2.45, 2.75) is 32.6 Å². The van der Waals surface area contributed by atoms with Crippen LogP contribution in [0.5, 0.6) is 0 Å². The largest absolute Gasteiger partial charge is 0.316 e. The maximum absolute atomic E-state index is 4.12. The van der Waals surface area contributed by atoms with E-state index in [0.717, 1.165) is 6.54 Å². The predicted molar refractivity (Wildman–Crippen MR) is 73.2 cm³/mol. The van der Waals surface area contributed by atoms with Crippen molar-refractivity contribution in [3.8, 4) is 0 Å². The minimum Gasteiger partial charge on any atom is -0.316 e. The summed E-state index contributed by atoms with van der Waals surface area (Å²) in [7, 11) is 0. The Morgan fingerprint density at radius 2 is 2.29 bits per heavy atom. The third kappa shape index (κ3) is 1.56. The fourth-order valence-corrected chi connectivity index (χ4v) is 3.64. The molecule has 17 heavy (non-hydrogen) atoms. The van der Waals surface area contributed by atoms with E-state index >= 15 is 0 Å². The van der Waals surface area contributed by atoms with Gasteiger partial charge >= 0.3 is 0 Å². The molecule has 3 rings (SSSR count). The lowest BCUT2D eigenvalue weighted by Gasteiger charge is -2.37. The van der Waals surface area contributed by atoms with Crippen LogP contribution >= 0.6 is 0 Å². The normalized spacial score (nSPS) is 30.8. The average Bonchev–Trinajstić information content (AvgIpc) is 2.70. The van der Waals surface area contributed by atoms with E-state index in [4.69, 9.17) is 0 Å². The topological polar surface area (TPSA) is 12.0 Å². The zero-order valence-electron chi connectivity index (χ0n) is 10.8. The summed E-state index contributed by atoms with van der Waals surface area (Å²) in [5.74, 6) is 0.700. The van der Waals surface area contributed by atoms with Crippen molar-refractivity contribution in [2.24, 2.45) is 5.41 Å². The molecule has 0 aromatic heterocycles. The van der Waals surface area contributed by atoms with Crippen molar-refractivity contribution >= 4 is 5.57 Å². The number of allylic oxidation sites excluding steroid dienone is 1. The van der Waals surface area contributed by atoms with Gasteiger partial charge in [-0.25, -0.2) is 0 Å². The highest BCUT2D eigenvalue weighted by molar-refractivity contribution is 5.66. The lowest BCUT2D eigenvalue weighted by Crippen LogP contribution is -2.30. The molecule has 0 bridgehead atoms. The summed E-state index contributed by atoms with van der Waals surface area (Å²) in [6, 6.07) is 6.76. The van der Waals surface area contributed by atoms with Crippen LogP contribution in [0.3, 0.4) is 0 Å². The van der Waals surface area contributed by atoms with Crippen LogP contribution in [0, 0.1) is 5.41 Å². The maximum atomic E-state index is 4.12. The number of nitrogens with one attached hydrogen (secondary N) is 1. The number of benzene rings is 1. The molecule has 0 amide bonds. The third-order valence-electron chi connectivity index (χ3n) is 4.71. The zero-order valence-corrected chi connectivity index (χ0v) is 10.8. The fourth-order valence-electron chi connectivity index (χ4n) is 3.64. The van der Waals surface area contributed by atoms with Gasteiger partial charge in [-0.15, -0.1) is 0 Å². The Morgan fingerprint density at radius 1 is 1.47 bits per heavy atom. The first-order valence-corrected chi connectivity index (χ1v) is 6.60. The highest BCUT2D eigenvalue weighted by Gasteiger charge is 2.43. The van der Waals surface area contributed by atoms with Crippen LogP contribution in [0.2, 0.25) is 0 Å². The highest BCUT2D eigenvalue weighted by atomic mass is 14.9. The minimum absolute atomic E-state index is 0.473. The Labute approximate surface area is 104 Å². The van der Waals surface area contributed by atoms with Gasteiger partial charge in [-0.1, -0.05) is 37.3 Å². The van der Waals surface area contributed by atoms with Gasteiger partial charge in [0.1, 0.15) is 0 Å². The van der Waals surface area contributed by atoms with Gasteiger partial charge in [0.25, 0.3) is 0 Å². The molecule has 2 aliphatic rings. The van der Waals surface area contributed by atoms with Crippen LogP contribution in [0.25, 0.3) is 5.57 Å². The van der Waals surface area contributed by atoms with Crippen LogP contribution in [0.4, 0.5) is 0 Å². The van der Waals surface area contributed by atoms with E-state index in [1.807, 2.05) is 0 Å². The Hall–Kier alpha value is -1.08. The molecule has 90 valence electrons. The van der Waals surface area contributed by atoms with Crippen molar-refractivity contribution in [1.82, 2.24) is 5.32 Å². The molecular weight excluding hydrogens is 206 g/mol. The molecule has 2 atom stereocenters. The lowest BCUT2D eigenvalue weighted by molar-refractivity contribution is 0.277. The van der Waals surface area contributed by atoms with Gasteiger partial charge in [0.15, 0.2) is 0 Å². The fraction of sp³-hybridized carbons (Fsp3) is 0.500.